The van der Waals surface area contributed by atoms with Crippen molar-refractivity contribution in [3.63, 3.8) is 0 Å². The highest BCUT2D eigenvalue weighted by Gasteiger charge is 2.09. The van der Waals surface area contributed by atoms with Crippen molar-refractivity contribution in [2.24, 2.45) is 4.99 Å². The van der Waals surface area contributed by atoms with Gasteiger partial charge in [-0.1, -0.05) is 19.0 Å². The second-order valence-electron chi connectivity index (χ2n) is 6.63. The molecule has 0 spiro atoms. The molecule has 2 heterocycles. The molecule has 8 heteroatoms. The van der Waals surface area contributed by atoms with Gasteiger partial charge in [-0.05, 0) is 30.2 Å². The lowest BCUT2D eigenvalue weighted by molar-refractivity contribution is 0.371. The van der Waals surface area contributed by atoms with E-state index in [1.54, 1.807) is 13.1 Å². The first kappa shape index (κ1) is 18.9. The molecule has 2 aromatic heterocycles. The molecule has 0 atom stereocenters. The minimum Gasteiger partial charge on any atom is -0.361 e. The van der Waals surface area contributed by atoms with Gasteiger partial charge in [0.25, 0.3) is 0 Å². The number of nitrogens with zero attached hydrogens (tertiary/aromatic N) is 3. The Morgan fingerprint density at radius 1 is 1.26 bits per heavy atom. The SMILES string of the molecule is CN=C(NCCc1nc(C(C)C)no1)NCCc1c[nH]c2cc(F)ccc12. The third-order valence-electron chi connectivity index (χ3n) is 4.27. The van der Waals surface area contributed by atoms with Crippen LogP contribution in [0.1, 0.15) is 37.0 Å². The number of benzene rings is 1. The number of aliphatic imine (C=N–C) groups is 1. The zero-order valence-corrected chi connectivity index (χ0v) is 15.8. The van der Waals surface area contributed by atoms with Crippen LogP contribution in [0.15, 0.2) is 33.9 Å². The number of hydrogen-bond donors (Lipinski definition) is 3. The molecule has 0 saturated carbocycles. The number of nitrogens with one attached hydrogen (secondary N) is 3. The summed E-state index contributed by atoms with van der Waals surface area (Å²) in [4.78, 5) is 11.7. The van der Waals surface area contributed by atoms with Crippen LogP contribution in [0.3, 0.4) is 0 Å². The lowest BCUT2D eigenvalue weighted by atomic mass is 10.1. The first-order chi connectivity index (χ1) is 13.1. The fraction of sp³-hybridized carbons (Fsp3) is 0.421. The zero-order chi connectivity index (χ0) is 19.2. The average Bonchev–Trinajstić information content (AvgIpc) is 3.27. The number of aromatic amines is 1. The van der Waals surface area contributed by atoms with E-state index >= 15 is 0 Å². The first-order valence-electron chi connectivity index (χ1n) is 9.09. The molecule has 3 rings (SSSR count). The largest absolute Gasteiger partial charge is 0.361 e. The predicted octanol–water partition coefficient (Wildman–Crippen LogP) is 2.76. The number of guanidine groups is 1. The summed E-state index contributed by atoms with van der Waals surface area (Å²) in [6.45, 7) is 5.42. The van der Waals surface area contributed by atoms with E-state index in [0.717, 1.165) is 28.7 Å². The Morgan fingerprint density at radius 3 is 2.74 bits per heavy atom. The second-order valence-corrected chi connectivity index (χ2v) is 6.63. The molecule has 7 nitrogen and oxygen atoms in total. The Morgan fingerprint density at radius 2 is 2.04 bits per heavy atom. The van der Waals surface area contributed by atoms with Gasteiger partial charge in [0.05, 0.1) is 0 Å². The Bertz CT molecular complexity index is 914. The fourth-order valence-electron chi connectivity index (χ4n) is 2.79. The van der Waals surface area contributed by atoms with Crippen LogP contribution in [0.2, 0.25) is 0 Å². The van der Waals surface area contributed by atoms with Crippen molar-refractivity contribution in [2.75, 3.05) is 20.1 Å². The van der Waals surface area contributed by atoms with E-state index in [-0.39, 0.29) is 11.7 Å². The maximum Gasteiger partial charge on any atom is 0.228 e. The van der Waals surface area contributed by atoms with E-state index < -0.39 is 0 Å². The molecule has 144 valence electrons. The molecule has 3 N–H and O–H groups in total. The highest BCUT2D eigenvalue weighted by Crippen LogP contribution is 2.19. The average molecular weight is 372 g/mol. The fourth-order valence-corrected chi connectivity index (χ4v) is 2.79. The summed E-state index contributed by atoms with van der Waals surface area (Å²) in [7, 11) is 1.73. The summed E-state index contributed by atoms with van der Waals surface area (Å²) in [5, 5.41) is 11.5. The molecule has 0 bridgehead atoms. The number of rotatable bonds is 7. The van der Waals surface area contributed by atoms with Crippen LogP contribution >= 0.6 is 0 Å². The molecule has 0 fully saturated rings. The summed E-state index contributed by atoms with van der Waals surface area (Å²) >= 11 is 0. The van der Waals surface area contributed by atoms with E-state index in [9.17, 15) is 4.39 Å². The smallest absolute Gasteiger partial charge is 0.228 e. The van der Waals surface area contributed by atoms with E-state index in [1.165, 1.54) is 12.1 Å². The summed E-state index contributed by atoms with van der Waals surface area (Å²) in [6.07, 6.45) is 3.35. The maximum absolute atomic E-state index is 13.3. The number of hydrogen-bond acceptors (Lipinski definition) is 4. The van der Waals surface area contributed by atoms with E-state index in [2.05, 4.69) is 30.8 Å². The zero-order valence-electron chi connectivity index (χ0n) is 15.8. The molecule has 0 saturated heterocycles. The normalized spacial score (nSPS) is 12.1. The molecule has 0 radical (unpaired) electrons. The lowest BCUT2D eigenvalue weighted by Crippen LogP contribution is -2.39. The molecule has 1 aromatic carbocycles. The Labute approximate surface area is 157 Å². The summed E-state index contributed by atoms with van der Waals surface area (Å²) in [6, 6.07) is 4.80. The van der Waals surface area contributed by atoms with Gasteiger partial charge in [0.2, 0.25) is 5.89 Å². The molecule has 0 amide bonds. The Balaban J connectivity index is 1.44. The number of aromatic nitrogens is 3. The standard InChI is InChI=1S/C19H25FN6O/c1-12(2)18-25-17(27-26-18)7-9-23-19(21-3)22-8-6-13-11-24-16-10-14(20)4-5-15(13)16/h4-5,10-12,24H,6-9H2,1-3H3,(H2,21,22,23). The van der Waals surface area contributed by atoms with E-state index in [1.807, 2.05) is 20.0 Å². The second kappa shape index (κ2) is 8.66. The highest BCUT2D eigenvalue weighted by molar-refractivity contribution is 5.83. The summed E-state index contributed by atoms with van der Waals surface area (Å²) < 4.78 is 18.5. The van der Waals surface area contributed by atoms with Gasteiger partial charge in [-0.2, -0.15) is 4.98 Å². The van der Waals surface area contributed by atoms with Crippen LogP contribution < -0.4 is 10.6 Å². The van der Waals surface area contributed by atoms with Crippen LogP contribution in [-0.4, -0.2) is 41.2 Å². The Kier molecular flexibility index (Phi) is 6.05. The molecular formula is C19H25FN6O. The van der Waals surface area contributed by atoms with Crippen molar-refractivity contribution in [1.82, 2.24) is 25.8 Å². The number of halogens is 1. The van der Waals surface area contributed by atoms with Crippen molar-refractivity contribution >= 4 is 16.9 Å². The predicted molar refractivity (Wildman–Crippen MR) is 103 cm³/mol. The molecule has 3 aromatic rings. The van der Waals surface area contributed by atoms with E-state index in [0.29, 0.717) is 31.4 Å². The van der Waals surface area contributed by atoms with Gasteiger partial charge in [-0.15, -0.1) is 0 Å². The van der Waals surface area contributed by atoms with Crippen molar-refractivity contribution in [1.29, 1.82) is 0 Å². The Hall–Kier alpha value is -2.90. The van der Waals surface area contributed by atoms with Gasteiger partial charge in [0.1, 0.15) is 5.82 Å². The molecule has 0 aliphatic rings. The van der Waals surface area contributed by atoms with Gasteiger partial charge < -0.3 is 20.1 Å². The van der Waals surface area contributed by atoms with Gasteiger partial charge >= 0.3 is 0 Å². The minimum absolute atomic E-state index is 0.236. The van der Waals surface area contributed by atoms with Crippen LogP contribution in [0.5, 0.6) is 0 Å². The van der Waals surface area contributed by atoms with Crippen molar-refractivity contribution in [2.45, 2.75) is 32.6 Å². The highest BCUT2D eigenvalue weighted by atomic mass is 19.1. The lowest BCUT2D eigenvalue weighted by Gasteiger charge is -2.10. The molecule has 0 aliphatic heterocycles. The third-order valence-corrected chi connectivity index (χ3v) is 4.27. The van der Waals surface area contributed by atoms with Gasteiger partial charge in [0, 0.05) is 49.6 Å². The van der Waals surface area contributed by atoms with Crippen LogP contribution in [-0.2, 0) is 12.8 Å². The van der Waals surface area contributed by atoms with Gasteiger partial charge in [0.15, 0.2) is 11.8 Å². The van der Waals surface area contributed by atoms with Crippen molar-refractivity contribution in [3.8, 4) is 0 Å². The molecule has 0 aliphatic carbocycles. The van der Waals surface area contributed by atoms with E-state index in [4.69, 9.17) is 4.52 Å². The van der Waals surface area contributed by atoms with Crippen molar-refractivity contribution in [3.05, 3.63) is 47.5 Å². The maximum atomic E-state index is 13.3. The molecule has 0 unspecified atom stereocenters. The number of fused-ring (bicyclic) bond motifs is 1. The summed E-state index contributed by atoms with van der Waals surface area (Å²) in [5.41, 5.74) is 1.95. The van der Waals surface area contributed by atoms with Gasteiger partial charge in [-0.25, -0.2) is 4.39 Å². The van der Waals surface area contributed by atoms with Gasteiger partial charge in [-0.3, -0.25) is 4.99 Å². The van der Waals surface area contributed by atoms with Crippen LogP contribution in [0.25, 0.3) is 10.9 Å². The summed E-state index contributed by atoms with van der Waals surface area (Å²) in [5.74, 6) is 2.08. The molecular weight excluding hydrogens is 347 g/mol. The topological polar surface area (TPSA) is 91.1 Å². The quantitative estimate of drug-likeness (QED) is 0.438. The number of H-pyrrole nitrogens is 1. The monoisotopic (exact) mass is 372 g/mol. The first-order valence-corrected chi connectivity index (χ1v) is 9.09. The van der Waals surface area contributed by atoms with Crippen LogP contribution in [0, 0.1) is 5.82 Å². The third kappa shape index (κ3) is 4.84. The van der Waals surface area contributed by atoms with Crippen LogP contribution in [0.4, 0.5) is 4.39 Å². The minimum atomic E-state index is -0.236. The van der Waals surface area contributed by atoms with Crippen molar-refractivity contribution < 1.29 is 8.91 Å². The molecule has 27 heavy (non-hydrogen) atoms.